The molecule has 0 saturated carbocycles. The molecule has 5 rings (SSSR count). The summed E-state index contributed by atoms with van der Waals surface area (Å²) in [5, 5.41) is 24.1. The van der Waals surface area contributed by atoms with Crippen molar-refractivity contribution in [1.82, 2.24) is 4.98 Å². The van der Waals surface area contributed by atoms with Gasteiger partial charge in [0, 0.05) is 29.4 Å². The third kappa shape index (κ3) is 4.22. The van der Waals surface area contributed by atoms with Crippen molar-refractivity contribution >= 4 is 28.4 Å². The molecule has 0 atom stereocenters. The Kier molecular flexibility index (Phi) is 5.29. The van der Waals surface area contributed by atoms with Gasteiger partial charge < -0.3 is 19.3 Å². The highest BCUT2D eigenvalue weighted by Gasteiger charge is 2.17. The highest BCUT2D eigenvalue weighted by molar-refractivity contribution is 6.02. The van der Waals surface area contributed by atoms with Crippen LogP contribution in [0.4, 0.5) is 11.4 Å². The molecule has 3 aromatic carbocycles. The fraction of sp³-hybridized carbons (Fsp3) is 0.0769. The van der Waals surface area contributed by atoms with Crippen LogP contribution in [0.1, 0.15) is 21.7 Å². The number of fused-ring (bicyclic) bond motifs is 1. The Bertz CT molecular complexity index is 1600. The number of carbonyl (C=O) groups excluding carboxylic acids is 1. The summed E-state index contributed by atoms with van der Waals surface area (Å²) in [6, 6.07) is 17.5. The molecule has 0 bridgehead atoms. The van der Waals surface area contributed by atoms with Crippen molar-refractivity contribution in [2.75, 3.05) is 5.32 Å². The topological polar surface area (TPSA) is 132 Å². The second kappa shape index (κ2) is 8.45. The van der Waals surface area contributed by atoms with Crippen LogP contribution in [0.3, 0.4) is 0 Å². The van der Waals surface area contributed by atoms with E-state index in [4.69, 9.17) is 8.83 Å². The first kappa shape index (κ1) is 21.9. The average molecular weight is 469 g/mol. The van der Waals surface area contributed by atoms with Crippen molar-refractivity contribution in [3.63, 3.8) is 0 Å². The lowest BCUT2D eigenvalue weighted by Crippen LogP contribution is -2.10. The van der Waals surface area contributed by atoms with E-state index in [1.54, 1.807) is 30.3 Å². The van der Waals surface area contributed by atoms with Gasteiger partial charge in [-0.25, -0.2) is 4.98 Å². The van der Waals surface area contributed by atoms with Crippen LogP contribution in [-0.4, -0.2) is 20.9 Å². The van der Waals surface area contributed by atoms with Gasteiger partial charge in [-0.2, -0.15) is 0 Å². The highest BCUT2D eigenvalue weighted by atomic mass is 16.6. The number of nitro benzene ring substituents is 1. The summed E-state index contributed by atoms with van der Waals surface area (Å²) in [4.78, 5) is 27.5. The molecule has 2 N–H and O–H groups in total. The zero-order chi connectivity index (χ0) is 24.7. The molecule has 9 nitrogen and oxygen atoms in total. The van der Waals surface area contributed by atoms with Gasteiger partial charge >= 0.3 is 0 Å². The van der Waals surface area contributed by atoms with Crippen LogP contribution in [0.25, 0.3) is 33.9 Å². The van der Waals surface area contributed by atoms with Gasteiger partial charge in [-0.15, -0.1) is 0 Å². The smallest absolute Gasteiger partial charge is 0.291 e. The van der Waals surface area contributed by atoms with E-state index in [0.29, 0.717) is 33.7 Å². The number of carbonyl (C=O) groups is 1. The minimum absolute atomic E-state index is 0.0374. The Labute approximate surface area is 198 Å². The number of phenolic OH excluding ortho intramolecular Hbond substituents is 1. The number of anilines is 1. The number of nitrogens with zero attached hydrogens (tertiary/aromatic N) is 2. The molecule has 0 radical (unpaired) electrons. The molecule has 0 aliphatic carbocycles. The lowest BCUT2D eigenvalue weighted by atomic mass is 10.1. The number of non-ortho nitro benzene ring substituents is 1. The molecule has 35 heavy (non-hydrogen) atoms. The Hall–Kier alpha value is -4.92. The molecule has 2 heterocycles. The molecule has 5 aromatic rings. The molecular formula is C26H19N3O6. The number of aryl methyl sites for hydroxylation is 2. The maximum Gasteiger partial charge on any atom is 0.291 e. The number of amides is 1. The van der Waals surface area contributed by atoms with E-state index in [1.165, 1.54) is 24.3 Å². The number of aromatic hydroxyl groups is 1. The number of hydrogen-bond donors (Lipinski definition) is 2. The van der Waals surface area contributed by atoms with Crippen molar-refractivity contribution < 1.29 is 23.7 Å². The molecule has 0 spiro atoms. The quantitative estimate of drug-likeness (QED) is 0.230. The maximum absolute atomic E-state index is 12.6. The molecule has 0 unspecified atom stereocenters. The monoisotopic (exact) mass is 469 g/mol. The summed E-state index contributed by atoms with van der Waals surface area (Å²) in [5.74, 6) is 0.104. The van der Waals surface area contributed by atoms with Crippen molar-refractivity contribution in [2.45, 2.75) is 13.8 Å². The molecule has 0 saturated heterocycles. The zero-order valence-electron chi connectivity index (χ0n) is 18.7. The summed E-state index contributed by atoms with van der Waals surface area (Å²) < 4.78 is 11.5. The number of aromatic nitrogens is 1. The zero-order valence-corrected chi connectivity index (χ0v) is 18.7. The predicted molar refractivity (Wildman–Crippen MR) is 129 cm³/mol. The summed E-state index contributed by atoms with van der Waals surface area (Å²) in [7, 11) is 0. The van der Waals surface area contributed by atoms with Gasteiger partial charge in [-0.05, 0) is 67.4 Å². The van der Waals surface area contributed by atoms with Crippen LogP contribution in [0.2, 0.25) is 0 Å². The molecule has 1 amide bonds. The van der Waals surface area contributed by atoms with E-state index < -0.39 is 10.8 Å². The first-order chi connectivity index (χ1) is 16.8. The Balaban J connectivity index is 1.34. The molecule has 9 heteroatoms. The van der Waals surface area contributed by atoms with E-state index >= 15 is 0 Å². The van der Waals surface area contributed by atoms with Crippen LogP contribution in [0, 0.1) is 24.0 Å². The van der Waals surface area contributed by atoms with Crippen molar-refractivity contribution in [2.24, 2.45) is 0 Å². The van der Waals surface area contributed by atoms with Gasteiger partial charge in [-0.1, -0.05) is 6.07 Å². The Morgan fingerprint density at radius 1 is 1.00 bits per heavy atom. The van der Waals surface area contributed by atoms with Gasteiger partial charge in [0.25, 0.3) is 11.6 Å². The molecule has 0 fully saturated rings. The molecule has 0 aliphatic heterocycles. The third-order valence-electron chi connectivity index (χ3n) is 5.50. The summed E-state index contributed by atoms with van der Waals surface area (Å²) in [5.41, 5.74) is 4.69. The molecule has 174 valence electrons. The molecular weight excluding hydrogens is 450 g/mol. The van der Waals surface area contributed by atoms with Crippen molar-refractivity contribution in [1.29, 1.82) is 0 Å². The Morgan fingerprint density at radius 2 is 1.77 bits per heavy atom. The fourth-order valence-corrected chi connectivity index (χ4v) is 3.84. The van der Waals surface area contributed by atoms with E-state index in [-0.39, 0.29) is 23.1 Å². The lowest BCUT2D eigenvalue weighted by Gasteiger charge is -2.06. The second-order valence-corrected chi connectivity index (χ2v) is 8.10. The summed E-state index contributed by atoms with van der Waals surface area (Å²) in [6.45, 7) is 3.91. The van der Waals surface area contributed by atoms with Crippen molar-refractivity contribution in [3.8, 4) is 28.5 Å². The van der Waals surface area contributed by atoms with Crippen LogP contribution in [0.5, 0.6) is 5.75 Å². The van der Waals surface area contributed by atoms with Gasteiger partial charge in [-0.3, -0.25) is 14.9 Å². The number of furan rings is 1. The van der Waals surface area contributed by atoms with Gasteiger partial charge in [0.05, 0.1) is 10.5 Å². The van der Waals surface area contributed by atoms with Gasteiger partial charge in [0.1, 0.15) is 17.0 Å². The van der Waals surface area contributed by atoms with Crippen LogP contribution in [-0.2, 0) is 0 Å². The highest BCUT2D eigenvalue weighted by Crippen LogP contribution is 2.34. The first-order valence-corrected chi connectivity index (χ1v) is 10.7. The van der Waals surface area contributed by atoms with E-state index in [1.807, 2.05) is 26.0 Å². The minimum Gasteiger partial charge on any atom is -0.507 e. The van der Waals surface area contributed by atoms with Gasteiger partial charge in [0.15, 0.2) is 11.3 Å². The largest absolute Gasteiger partial charge is 0.507 e. The lowest BCUT2D eigenvalue weighted by molar-refractivity contribution is -0.384. The normalized spacial score (nSPS) is 11.0. The number of benzene rings is 3. The summed E-state index contributed by atoms with van der Waals surface area (Å²) in [6.07, 6.45) is 0. The number of oxazole rings is 1. The first-order valence-electron chi connectivity index (χ1n) is 10.7. The minimum atomic E-state index is -0.515. The number of nitrogens with one attached hydrogen (secondary N) is 1. The summed E-state index contributed by atoms with van der Waals surface area (Å²) >= 11 is 0. The number of nitro groups is 1. The number of hydrogen-bond acceptors (Lipinski definition) is 7. The third-order valence-corrected chi connectivity index (χ3v) is 5.50. The number of phenols is 1. The number of rotatable bonds is 5. The van der Waals surface area contributed by atoms with Crippen LogP contribution >= 0.6 is 0 Å². The van der Waals surface area contributed by atoms with E-state index in [9.17, 15) is 20.0 Å². The predicted octanol–water partition coefficient (Wildman–Crippen LogP) is 6.24. The average Bonchev–Trinajstić information content (AvgIpc) is 3.47. The van der Waals surface area contributed by atoms with Crippen LogP contribution in [0.15, 0.2) is 75.6 Å². The van der Waals surface area contributed by atoms with Crippen LogP contribution < -0.4 is 5.32 Å². The van der Waals surface area contributed by atoms with E-state index in [0.717, 1.165) is 11.1 Å². The second-order valence-electron chi connectivity index (χ2n) is 8.10. The SMILES string of the molecule is Cc1cc(C)c2oc(-c3ccc(NC(=O)c4ccc(-c5ccc([N+](=O)[O-])cc5)o4)cc3O)nc2c1. The fourth-order valence-electron chi connectivity index (χ4n) is 3.84. The standard InChI is InChI=1S/C26H19N3O6/c1-14-11-15(2)24-20(12-14)28-26(35-24)19-8-5-17(13-21(19)30)27-25(31)23-10-9-22(34-23)16-3-6-18(7-4-16)29(32)33/h3-13,30H,1-2H3,(H,27,31). The van der Waals surface area contributed by atoms with Crippen molar-refractivity contribution in [3.05, 3.63) is 93.7 Å². The van der Waals surface area contributed by atoms with E-state index in [2.05, 4.69) is 10.3 Å². The van der Waals surface area contributed by atoms with Gasteiger partial charge in [0.2, 0.25) is 5.89 Å². The molecule has 2 aromatic heterocycles. The molecule has 0 aliphatic rings. The maximum atomic E-state index is 12.6. The Morgan fingerprint density at radius 3 is 2.49 bits per heavy atom.